The molecule has 3 nitrogen and oxygen atoms in total. The summed E-state index contributed by atoms with van der Waals surface area (Å²) in [6.07, 6.45) is -1.25. The van der Waals surface area contributed by atoms with E-state index >= 15 is 0 Å². The fourth-order valence-corrected chi connectivity index (χ4v) is 3.50. The van der Waals surface area contributed by atoms with Crippen molar-refractivity contribution >= 4 is 5.91 Å². The van der Waals surface area contributed by atoms with Gasteiger partial charge >= 0.3 is 6.18 Å². The maximum Gasteiger partial charge on any atom is 0.389 e. The van der Waals surface area contributed by atoms with E-state index in [1.165, 1.54) is 0 Å². The number of rotatable bonds is 5. The van der Waals surface area contributed by atoms with Crippen LogP contribution in [-0.4, -0.2) is 24.7 Å². The first-order chi connectivity index (χ1) is 8.88. The highest BCUT2D eigenvalue weighted by Gasteiger charge is 2.48. The molecule has 2 rings (SSSR count). The molecule has 2 saturated carbocycles. The summed E-state index contributed by atoms with van der Waals surface area (Å²) in [5, 5.41) is 2.74. The maximum absolute atomic E-state index is 12.0. The Kier molecular flexibility index (Phi) is 4.38. The van der Waals surface area contributed by atoms with Crippen LogP contribution in [0.15, 0.2) is 0 Å². The van der Waals surface area contributed by atoms with E-state index < -0.39 is 12.6 Å². The van der Waals surface area contributed by atoms with Gasteiger partial charge in [0.2, 0.25) is 5.91 Å². The lowest BCUT2D eigenvalue weighted by atomic mass is 9.84. The van der Waals surface area contributed by atoms with Crippen molar-refractivity contribution in [1.82, 2.24) is 5.32 Å². The first-order valence-electron chi connectivity index (χ1n) is 6.98. The molecule has 1 amide bonds. The van der Waals surface area contributed by atoms with Crippen LogP contribution in [0.5, 0.6) is 0 Å². The number of nitrogens with one attached hydrogen (secondary N) is 1. The van der Waals surface area contributed by atoms with Gasteiger partial charge in [-0.05, 0) is 43.9 Å². The van der Waals surface area contributed by atoms with E-state index in [0.717, 1.165) is 19.3 Å². The molecule has 0 aromatic carbocycles. The van der Waals surface area contributed by atoms with Crippen LogP contribution in [0.4, 0.5) is 13.2 Å². The Morgan fingerprint density at radius 2 is 1.89 bits per heavy atom. The molecular formula is C13H21F3N2O. The van der Waals surface area contributed by atoms with E-state index in [9.17, 15) is 18.0 Å². The van der Waals surface area contributed by atoms with Gasteiger partial charge in [-0.2, -0.15) is 13.2 Å². The zero-order valence-electron chi connectivity index (χ0n) is 10.9. The minimum Gasteiger partial charge on any atom is -0.356 e. The van der Waals surface area contributed by atoms with Gasteiger partial charge < -0.3 is 11.1 Å². The summed E-state index contributed by atoms with van der Waals surface area (Å²) >= 11 is 0. The lowest BCUT2D eigenvalue weighted by Crippen LogP contribution is -2.45. The van der Waals surface area contributed by atoms with E-state index in [-0.39, 0.29) is 24.3 Å². The van der Waals surface area contributed by atoms with Gasteiger partial charge in [0.15, 0.2) is 0 Å². The molecule has 0 aromatic rings. The second-order valence-electron chi connectivity index (χ2n) is 5.80. The first kappa shape index (κ1) is 14.6. The summed E-state index contributed by atoms with van der Waals surface area (Å²) in [6.45, 7) is 0.315. The Labute approximate surface area is 111 Å². The van der Waals surface area contributed by atoms with Crippen molar-refractivity contribution in [2.45, 2.75) is 50.7 Å². The standard InChI is InChI=1S/C13H21F3N2O/c14-13(15,16)5-1-2-6-18-12(19)10-8-3-4-9(7-8)11(10)17/h8-11H,1-7,17H2,(H,18,19). The van der Waals surface area contributed by atoms with Crippen LogP contribution in [0.1, 0.15) is 38.5 Å². The Bertz CT molecular complexity index is 330. The first-order valence-corrected chi connectivity index (χ1v) is 6.98. The topological polar surface area (TPSA) is 55.1 Å². The molecule has 4 unspecified atom stereocenters. The molecule has 2 aliphatic carbocycles. The van der Waals surface area contributed by atoms with Gasteiger partial charge in [-0.1, -0.05) is 0 Å². The van der Waals surface area contributed by atoms with Gasteiger partial charge in [0.25, 0.3) is 0 Å². The third kappa shape index (κ3) is 3.61. The van der Waals surface area contributed by atoms with Crippen molar-refractivity contribution in [3.63, 3.8) is 0 Å². The predicted octanol–water partition coefficient (Wildman–Crippen LogP) is 2.21. The molecule has 0 heterocycles. The Hall–Kier alpha value is -0.780. The Morgan fingerprint density at radius 3 is 2.47 bits per heavy atom. The number of hydrogen-bond donors (Lipinski definition) is 2. The average molecular weight is 278 g/mol. The third-order valence-electron chi connectivity index (χ3n) is 4.47. The number of fused-ring (bicyclic) bond motifs is 2. The monoisotopic (exact) mass is 278 g/mol. The summed E-state index contributed by atoms with van der Waals surface area (Å²) in [4.78, 5) is 12.0. The van der Waals surface area contributed by atoms with E-state index in [1.807, 2.05) is 0 Å². The van der Waals surface area contributed by atoms with Gasteiger partial charge in [-0.15, -0.1) is 0 Å². The average Bonchev–Trinajstić information content (AvgIpc) is 2.87. The maximum atomic E-state index is 12.0. The fourth-order valence-electron chi connectivity index (χ4n) is 3.50. The summed E-state index contributed by atoms with van der Waals surface area (Å²) in [5.74, 6) is 0.661. The normalized spacial score (nSPS) is 33.7. The van der Waals surface area contributed by atoms with Crippen molar-refractivity contribution in [2.75, 3.05) is 6.54 Å². The smallest absolute Gasteiger partial charge is 0.356 e. The SMILES string of the molecule is NC1C2CCC(C2)C1C(=O)NCCCCC(F)(F)F. The molecular weight excluding hydrogens is 257 g/mol. The molecule has 4 atom stereocenters. The molecule has 2 bridgehead atoms. The minimum atomic E-state index is -4.10. The van der Waals surface area contributed by atoms with Crippen molar-refractivity contribution < 1.29 is 18.0 Å². The van der Waals surface area contributed by atoms with Gasteiger partial charge in [-0.3, -0.25) is 4.79 Å². The van der Waals surface area contributed by atoms with Gasteiger partial charge in [0, 0.05) is 19.0 Å². The van der Waals surface area contributed by atoms with Gasteiger partial charge in [0.05, 0.1) is 5.92 Å². The molecule has 3 N–H and O–H groups in total. The predicted molar refractivity (Wildman–Crippen MR) is 65.2 cm³/mol. The number of nitrogens with two attached hydrogens (primary N) is 1. The van der Waals surface area contributed by atoms with Crippen LogP contribution in [-0.2, 0) is 4.79 Å². The highest BCUT2D eigenvalue weighted by Crippen LogP contribution is 2.47. The number of alkyl halides is 3. The number of carbonyl (C=O) groups is 1. The summed E-state index contributed by atoms with van der Waals surface area (Å²) < 4.78 is 35.8. The fraction of sp³-hybridized carbons (Fsp3) is 0.923. The highest BCUT2D eigenvalue weighted by atomic mass is 19.4. The van der Waals surface area contributed by atoms with Crippen LogP contribution < -0.4 is 11.1 Å². The second kappa shape index (κ2) is 5.69. The quantitative estimate of drug-likeness (QED) is 0.758. The lowest BCUT2D eigenvalue weighted by molar-refractivity contribution is -0.135. The van der Waals surface area contributed by atoms with E-state index in [1.54, 1.807) is 0 Å². The van der Waals surface area contributed by atoms with Crippen LogP contribution in [0, 0.1) is 17.8 Å². The molecule has 6 heteroatoms. The minimum absolute atomic E-state index is 0.0612. The third-order valence-corrected chi connectivity index (χ3v) is 4.47. The lowest BCUT2D eigenvalue weighted by Gasteiger charge is -2.27. The van der Waals surface area contributed by atoms with Crippen LogP contribution in [0.2, 0.25) is 0 Å². The molecule has 2 fully saturated rings. The van der Waals surface area contributed by atoms with Crippen molar-refractivity contribution in [2.24, 2.45) is 23.5 Å². The molecule has 110 valence electrons. The van der Waals surface area contributed by atoms with Gasteiger partial charge in [-0.25, -0.2) is 0 Å². The van der Waals surface area contributed by atoms with Crippen molar-refractivity contribution in [3.8, 4) is 0 Å². The number of unbranched alkanes of at least 4 members (excludes halogenated alkanes) is 1. The zero-order valence-corrected chi connectivity index (χ0v) is 10.9. The molecule has 0 radical (unpaired) electrons. The van der Waals surface area contributed by atoms with Crippen molar-refractivity contribution in [1.29, 1.82) is 0 Å². The van der Waals surface area contributed by atoms with E-state index in [4.69, 9.17) is 5.73 Å². The Balaban J connectivity index is 1.65. The molecule has 0 aromatic heterocycles. The van der Waals surface area contributed by atoms with Crippen LogP contribution in [0.25, 0.3) is 0 Å². The highest BCUT2D eigenvalue weighted by molar-refractivity contribution is 5.80. The van der Waals surface area contributed by atoms with Gasteiger partial charge in [0.1, 0.15) is 0 Å². The molecule has 0 saturated heterocycles. The molecule has 0 aliphatic heterocycles. The van der Waals surface area contributed by atoms with E-state index in [0.29, 0.717) is 24.8 Å². The number of amides is 1. The van der Waals surface area contributed by atoms with E-state index in [2.05, 4.69) is 5.32 Å². The number of halogens is 3. The zero-order chi connectivity index (χ0) is 14.0. The Morgan fingerprint density at radius 1 is 1.21 bits per heavy atom. The molecule has 19 heavy (non-hydrogen) atoms. The van der Waals surface area contributed by atoms with Crippen LogP contribution >= 0.6 is 0 Å². The number of hydrogen-bond acceptors (Lipinski definition) is 2. The molecule has 2 aliphatic rings. The summed E-state index contributed by atoms with van der Waals surface area (Å²) in [5.41, 5.74) is 6.04. The number of carbonyl (C=O) groups excluding carboxylic acids is 1. The summed E-state index contributed by atoms with van der Waals surface area (Å²) in [6, 6.07) is -0.0612. The largest absolute Gasteiger partial charge is 0.389 e. The van der Waals surface area contributed by atoms with Crippen LogP contribution in [0.3, 0.4) is 0 Å². The summed E-state index contributed by atoms with van der Waals surface area (Å²) in [7, 11) is 0. The van der Waals surface area contributed by atoms with Crippen molar-refractivity contribution in [3.05, 3.63) is 0 Å². The molecule has 0 spiro atoms. The second-order valence-corrected chi connectivity index (χ2v) is 5.80.